The number of aryl methyl sites for hydroxylation is 1. The SMILES string of the molecule is CC(CCS)CCn1cnccc1=O. The third-order valence-electron chi connectivity index (χ3n) is 2.28. The maximum atomic E-state index is 11.3. The van der Waals surface area contributed by atoms with Gasteiger partial charge in [-0.3, -0.25) is 9.36 Å². The quantitative estimate of drug-likeness (QED) is 0.752. The van der Waals surface area contributed by atoms with Crippen molar-refractivity contribution in [3.63, 3.8) is 0 Å². The van der Waals surface area contributed by atoms with Gasteiger partial charge in [-0.15, -0.1) is 0 Å². The van der Waals surface area contributed by atoms with Gasteiger partial charge in [0.2, 0.25) is 0 Å². The predicted molar refractivity (Wildman–Crippen MR) is 60.7 cm³/mol. The normalized spacial score (nSPS) is 12.7. The molecule has 1 aromatic rings. The summed E-state index contributed by atoms with van der Waals surface area (Å²) < 4.78 is 1.65. The number of nitrogens with zero attached hydrogens (tertiary/aromatic N) is 2. The predicted octanol–water partition coefficient (Wildman–Crippen LogP) is 1.59. The summed E-state index contributed by atoms with van der Waals surface area (Å²) in [6, 6.07) is 1.49. The topological polar surface area (TPSA) is 34.9 Å². The Hall–Kier alpha value is -0.770. The van der Waals surface area contributed by atoms with E-state index in [0.717, 1.165) is 25.1 Å². The van der Waals surface area contributed by atoms with E-state index in [1.54, 1.807) is 10.9 Å². The maximum absolute atomic E-state index is 11.3. The summed E-state index contributed by atoms with van der Waals surface area (Å²) in [6.07, 6.45) is 5.22. The lowest BCUT2D eigenvalue weighted by Crippen LogP contribution is -2.19. The third kappa shape index (κ3) is 3.54. The van der Waals surface area contributed by atoms with Gasteiger partial charge in [0.1, 0.15) is 0 Å². The van der Waals surface area contributed by atoms with E-state index in [0.29, 0.717) is 5.92 Å². The molecule has 0 radical (unpaired) electrons. The minimum absolute atomic E-state index is 0.0260. The van der Waals surface area contributed by atoms with Crippen molar-refractivity contribution < 1.29 is 0 Å². The van der Waals surface area contributed by atoms with Crippen molar-refractivity contribution in [2.75, 3.05) is 5.75 Å². The van der Waals surface area contributed by atoms with Crippen LogP contribution >= 0.6 is 12.6 Å². The molecule has 4 heteroatoms. The third-order valence-corrected chi connectivity index (χ3v) is 2.54. The second kappa shape index (κ2) is 5.86. The Bertz CT molecular complexity index is 324. The van der Waals surface area contributed by atoms with E-state index in [9.17, 15) is 4.79 Å². The van der Waals surface area contributed by atoms with Crippen molar-refractivity contribution in [1.82, 2.24) is 9.55 Å². The van der Waals surface area contributed by atoms with E-state index >= 15 is 0 Å². The van der Waals surface area contributed by atoms with Crippen LogP contribution in [0.3, 0.4) is 0 Å². The average Bonchev–Trinajstić information content (AvgIpc) is 2.17. The summed E-state index contributed by atoms with van der Waals surface area (Å²) in [5.41, 5.74) is 0.0260. The van der Waals surface area contributed by atoms with Gasteiger partial charge in [0.05, 0.1) is 6.33 Å². The Balaban J connectivity index is 2.46. The molecule has 0 N–H and O–H groups in total. The Morgan fingerprint density at radius 1 is 1.57 bits per heavy atom. The average molecular weight is 212 g/mol. The Kier molecular flexibility index (Phi) is 4.73. The van der Waals surface area contributed by atoms with Crippen LogP contribution in [0, 0.1) is 5.92 Å². The van der Waals surface area contributed by atoms with Crippen molar-refractivity contribution in [2.45, 2.75) is 26.3 Å². The largest absolute Gasteiger partial charge is 0.299 e. The van der Waals surface area contributed by atoms with E-state index in [1.165, 1.54) is 12.3 Å². The minimum atomic E-state index is 0.0260. The minimum Gasteiger partial charge on any atom is -0.299 e. The highest BCUT2D eigenvalue weighted by Gasteiger charge is 2.01. The molecule has 0 saturated heterocycles. The first-order valence-electron chi connectivity index (χ1n) is 4.85. The van der Waals surface area contributed by atoms with Crippen LogP contribution in [-0.2, 0) is 6.54 Å². The zero-order chi connectivity index (χ0) is 10.4. The number of thiol groups is 1. The van der Waals surface area contributed by atoms with Crippen LogP contribution in [0.15, 0.2) is 23.4 Å². The fourth-order valence-corrected chi connectivity index (χ4v) is 1.71. The smallest absolute Gasteiger partial charge is 0.253 e. The molecule has 0 aliphatic heterocycles. The fraction of sp³-hybridized carbons (Fsp3) is 0.600. The zero-order valence-corrected chi connectivity index (χ0v) is 9.28. The molecule has 0 saturated carbocycles. The summed E-state index contributed by atoms with van der Waals surface area (Å²) >= 11 is 4.18. The molecule has 14 heavy (non-hydrogen) atoms. The van der Waals surface area contributed by atoms with Gasteiger partial charge in [0.25, 0.3) is 5.56 Å². The van der Waals surface area contributed by atoms with Crippen molar-refractivity contribution >= 4 is 12.6 Å². The second-order valence-electron chi connectivity index (χ2n) is 3.52. The van der Waals surface area contributed by atoms with Crippen LogP contribution in [0.5, 0.6) is 0 Å². The van der Waals surface area contributed by atoms with Crippen LogP contribution in [0.1, 0.15) is 19.8 Å². The van der Waals surface area contributed by atoms with Crippen molar-refractivity contribution in [3.05, 3.63) is 28.9 Å². The summed E-state index contributed by atoms with van der Waals surface area (Å²) in [5.74, 6) is 1.52. The molecule has 1 unspecified atom stereocenters. The van der Waals surface area contributed by atoms with Crippen molar-refractivity contribution in [2.24, 2.45) is 5.92 Å². The molecule has 0 aliphatic rings. The van der Waals surface area contributed by atoms with E-state index in [4.69, 9.17) is 0 Å². The highest BCUT2D eigenvalue weighted by atomic mass is 32.1. The lowest BCUT2D eigenvalue weighted by molar-refractivity contribution is 0.463. The van der Waals surface area contributed by atoms with Gasteiger partial charge in [-0.1, -0.05) is 6.92 Å². The van der Waals surface area contributed by atoms with Gasteiger partial charge >= 0.3 is 0 Å². The Labute approximate surface area is 89.6 Å². The number of hydrogen-bond donors (Lipinski definition) is 1. The molecule has 1 rings (SSSR count). The van der Waals surface area contributed by atoms with Crippen LogP contribution in [0.4, 0.5) is 0 Å². The standard InChI is InChI=1S/C10H16N2OS/c1-9(4-7-14)3-6-12-8-11-5-2-10(12)13/h2,5,8-9,14H,3-4,6-7H2,1H3. The number of rotatable bonds is 5. The molecule has 0 spiro atoms. The van der Waals surface area contributed by atoms with Gasteiger partial charge in [-0.05, 0) is 24.5 Å². The summed E-state index contributed by atoms with van der Waals surface area (Å²) in [7, 11) is 0. The summed E-state index contributed by atoms with van der Waals surface area (Å²) in [6.45, 7) is 2.93. The van der Waals surface area contributed by atoms with Gasteiger partial charge in [0.15, 0.2) is 0 Å². The summed E-state index contributed by atoms with van der Waals surface area (Å²) in [5, 5.41) is 0. The highest BCUT2D eigenvalue weighted by Crippen LogP contribution is 2.08. The van der Waals surface area contributed by atoms with Gasteiger partial charge < -0.3 is 0 Å². The maximum Gasteiger partial charge on any atom is 0.253 e. The monoisotopic (exact) mass is 212 g/mol. The molecule has 0 bridgehead atoms. The van der Waals surface area contributed by atoms with Crippen LogP contribution in [0.2, 0.25) is 0 Å². The first-order chi connectivity index (χ1) is 6.74. The van der Waals surface area contributed by atoms with Crippen LogP contribution in [-0.4, -0.2) is 15.3 Å². The zero-order valence-electron chi connectivity index (χ0n) is 8.39. The molecule has 0 aromatic carbocycles. The van der Waals surface area contributed by atoms with Crippen LogP contribution < -0.4 is 5.56 Å². The second-order valence-corrected chi connectivity index (χ2v) is 3.97. The van der Waals surface area contributed by atoms with Gasteiger partial charge in [0, 0.05) is 18.8 Å². The fourth-order valence-electron chi connectivity index (χ4n) is 1.27. The van der Waals surface area contributed by atoms with E-state index in [2.05, 4.69) is 24.5 Å². The Morgan fingerprint density at radius 2 is 2.36 bits per heavy atom. The molecule has 3 nitrogen and oxygen atoms in total. The van der Waals surface area contributed by atoms with E-state index in [1.807, 2.05) is 0 Å². The van der Waals surface area contributed by atoms with Gasteiger partial charge in [-0.25, -0.2) is 4.98 Å². The van der Waals surface area contributed by atoms with E-state index in [-0.39, 0.29) is 5.56 Å². The Morgan fingerprint density at radius 3 is 3.00 bits per heavy atom. The van der Waals surface area contributed by atoms with Crippen molar-refractivity contribution in [1.29, 1.82) is 0 Å². The van der Waals surface area contributed by atoms with Gasteiger partial charge in [-0.2, -0.15) is 12.6 Å². The number of hydrogen-bond acceptors (Lipinski definition) is 3. The highest BCUT2D eigenvalue weighted by molar-refractivity contribution is 7.80. The first kappa shape index (κ1) is 11.3. The first-order valence-corrected chi connectivity index (χ1v) is 5.48. The molecule has 0 fully saturated rings. The number of aromatic nitrogens is 2. The van der Waals surface area contributed by atoms with Crippen LogP contribution in [0.25, 0.3) is 0 Å². The molecule has 1 heterocycles. The molecule has 1 atom stereocenters. The molecule has 78 valence electrons. The molecule has 1 aromatic heterocycles. The molecular formula is C10H16N2OS. The molecule has 0 aliphatic carbocycles. The lowest BCUT2D eigenvalue weighted by atomic mass is 10.1. The summed E-state index contributed by atoms with van der Waals surface area (Å²) in [4.78, 5) is 15.2. The molecular weight excluding hydrogens is 196 g/mol. The lowest BCUT2D eigenvalue weighted by Gasteiger charge is -2.10. The van der Waals surface area contributed by atoms with E-state index < -0.39 is 0 Å². The van der Waals surface area contributed by atoms with Crippen molar-refractivity contribution in [3.8, 4) is 0 Å². The molecule has 0 amide bonds.